The van der Waals surface area contributed by atoms with Crippen LogP contribution in [0.1, 0.15) is 29.8 Å². The molecule has 1 aromatic carbocycles. The van der Waals surface area contributed by atoms with Crippen LogP contribution in [-0.4, -0.2) is 54.6 Å². The van der Waals surface area contributed by atoms with Gasteiger partial charge in [-0.1, -0.05) is 6.92 Å². The van der Waals surface area contributed by atoms with Crippen LogP contribution >= 0.6 is 0 Å². The minimum absolute atomic E-state index is 0.0246. The summed E-state index contributed by atoms with van der Waals surface area (Å²) < 4.78 is 26.2. The van der Waals surface area contributed by atoms with Gasteiger partial charge in [-0.2, -0.15) is 0 Å². The van der Waals surface area contributed by atoms with E-state index < -0.39 is 6.17 Å². The number of alkyl halides is 1. The molecule has 5 heteroatoms. The number of amides is 1. The van der Waals surface area contributed by atoms with Gasteiger partial charge >= 0.3 is 0 Å². The Labute approximate surface area is 130 Å². The molecule has 0 aromatic heterocycles. The van der Waals surface area contributed by atoms with E-state index in [1.807, 2.05) is 6.92 Å². The Bertz CT molecular complexity index is 543. The van der Waals surface area contributed by atoms with E-state index in [0.717, 1.165) is 6.54 Å². The smallest absolute Gasteiger partial charge is 0.253 e. The number of carbonyl (C=O) groups excluding carboxylic acids is 1. The Balaban J connectivity index is 1.97. The molecule has 22 heavy (non-hydrogen) atoms. The Kier molecular flexibility index (Phi) is 5.16. The molecular formula is C17H24F2N2O. The van der Waals surface area contributed by atoms with E-state index in [1.165, 1.54) is 12.1 Å². The highest BCUT2D eigenvalue weighted by atomic mass is 19.1. The Hall–Kier alpha value is -1.49. The summed E-state index contributed by atoms with van der Waals surface area (Å²) in [6.07, 6.45) is -0.705. The first-order chi connectivity index (χ1) is 10.3. The fraction of sp³-hybridized carbons (Fsp3) is 0.588. The lowest BCUT2D eigenvalue weighted by Crippen LogP contribution is -2.52. The zero-order chi connectivity index (χ0) is 16.4. The maximum Gasteiger partial charge on any atom is 0.253 e. The summed E-state index contributed by atoms with van der Waals surface area (Å²) in [6, 6.07) is 4.44. The van der Waals surface area contributed by atoms with Crippen molar-refractivity contribution in [2.24, 2.45) is 5.92 Å². The Morgan fingerprint density at radius 3 is 2.59 bits per heavy atom. The van der Waals surface area contributed by atoms with E-state index in [9.17, 15) is 13.6 Å². The zero-order valence-electron chi connectivity index (χ0n) is 13.6. The molecule has 0 spiro atoms. The number of carbonyl (C=O) groups is 1. The molecule has 1 amide bonds. The third kappa shape index (κ3) is 3.64. The fourth-order valence-electron chi connectivity index (χ4n) is 2.76. The van der Waals surface area contributed by atoms with Crippen molar-refractivity contribution in [1.82, 2.24) is 9.80 Å². The van der Waals surface area contributed by atoms with Crippen LogP contribution in [-0.2, 0) is 0 Å². The summed E-state index contributed by atoms with van der Waals surface area (Å²) in [6.45, 7) is 7.47. The lowest BCUT2D eigenvalue weighted by molar-refractivity contribution is 0.0369. The van der Waals surface area contributed by atoms with Gasteiger partial charge in [-0.3, -0.25) is 9.69 Å². The molecule has 1 aliphatic rings. The van der Waals surface area contributed by atoms with E-state index in [-0.39, 0.29) is 23.7 Å². The number of rotatable bonds is 5. The van der Waals surface area contributed by atoms with E-state index in [1.54, 1.807) is 24.9 Å². The molecule has 0 radical (unpaired) electrons. The largest absolute Gasteiger partial charge is 0.339 e. The number of likely N-dealkylation sites (tertiary alicyclic amines) is 1. The van der Waals surface area contributed by atoms with Crippen molar-refractivity contribution in [1.29, 1.82) is 0 Å². The zero-order valence-corrected chi connectivity index (χ0v) is 13.6. The van der Waals surface area contributed by atoms with Gasteiger partial charge in [0, 0.05) is 38.3 Å². The normalized spacial score (nSPS) is 18.6. The fourth-order valence-corrected chi connectivity index (χ4v) is 2.76. The van der Waals surface area contributed by atoms with Gasteiger partial charge in [0.2, 0.25) is 0 Å². The molecule has 122 valence electrons. The van der Waals surface area contributed by atoms with Crippen molar-refractivity contribution in [3.8, 4) is 0 Å². The lowest BCUT2D eigenvalue weighted by atomic mass is 9.99. The van der Waals surface area contributed by atoms with Gasteiger partial charge < -0.3 is 4.90 Å². The van der Waals surface area contributed by atoms with Crippen LogP contribution in [0.25, 0.3) is 0 Å². The number of benzene rings is 1. The topological polar surface area (TPSA) is 23.6 Å². The predicted molar refractivity (Wildman–Crippen MR) is 83.2 cm³/mol. The molecule has 2 unspecified atom stereocenters. The first-order valence-corrected chi connectivity index (χ1v) is 7.69. The Morgan fingerprint density at radius 2 is 2.05 bits per heavy atom. The minimum Gasteiger partial charge on any atom is -0.339 e. The SMILES string of the molecule is Cc1cc(C(=O)N(C)C(C)C(C)CN2CC(F)C2)ccc1F. The summed E-state index contributed by atoms with van der Waals surface area (Å²) >= 11 is 0. The third-order valence-corrected chi connectivity index (χ3v) is 4.62. The molecule has 0 saturated carbocycles. The van der Waals surface area contributed by atoms with E-state index in [0.29, 0.717) is 24.2 Å². The first-order valence-electron chi connectivity index (χ1n) is 7.69. The second-order valence-electron chi connectivity index (χ2n) is 6.41. The summed E-state index contributed by atoms with van der Waals surface area (Å²) in [5, 5.41) is 0. The summed E-state index contributed by atoms with van der Waals surface area (Å²) in [7, 11) is 1.76. The number of hydrogen-bond donors (Lipinski definition) is 0. The van der Waals surface area contributed by atoms with Crippen molar-refractivity contribution in [3.05, 3.63) is 35.1 Å². The maximum atomic E-state index is 13.3. The number of nitrogens with zero attached hydrogens (tertiary/aromatic N) is 2. The molecule has 2 atom stereocenters. The molecule has 1 heterocycles. The quantitative estimate of drug-likeness (QED) is 0.835. The molecule has 1 aliphatic heterocycles. The standard InChI is InChI=1S/C17H24F2N2O/c1-11-7-14(5-6-16(11)19)17(22)20(4)13(3)12(2)8-21-9-15(18)10-21/h5-7,12-13,15H,8-10H2,1-4H3. The van der Waals surface area contributed by atoms with Gasteiger partial charge in [0.05, 0.1) is 0 Å². The molecule has 3 nitrogen and oxygen atoms in total. The van der Waals surface area contributed by atoms with E-state index >= 15 is 0 Å². The number of aryl methyl sites for hydroxylation is 1. The molecule has 1 aromatic rings. The van der Waals surface area contributed by atoms with Gasteiger partial charge in [-0.15, -0.1) is 0 Å². The molecule has 0 bridgehead atoms. The van der Waals surface area contributed by atoms with Crippen LogP contribution in [0, 0.1) is 18.7 Å². The highest BCUT2D eigenvalue weighted by Crippen LogP contribution is 2.19. The molecular weight excluding hydrogens is 286 g/mol. The summed E-state index contributed by atoms with van der Waals surface area (Å²) in [4.78, 5) is 16.3. The van der Waals surface area contributed by atoms with Crippen LogP contribution in [0.15, 0.2) is 18.2 Å². The highest BCUT2D eigenvalue weighted by Gasteiger charge is 2.30. The van der Waals surface area contributed by atoms with Gasteiger partial charge in [-0.05, 0) is 43.5 Å². The summed E-state index contributed by atoms with van der Waals surface area (Å²) in [5.41, 5.74) is 0.961. The molecule has 0 aliphatic carbocycles. The molecule has 2 rings (SSSR count). The minimum atomic E-state index is -0.705. The van der Waals surface area contributed by atoms with Crippen LogP contribution in [0.5, 0.6) is 0 Å². The number of halogens is 2. The number of hydrogen-bond acceptors (Lipinski definition) is 2. The van der Waals surface area contributed by atoms with Crippen LogP contribution in [0.2, 0.25) is 0 Å². The van der Waals surface area contributed by atoms with E-state index in [2.05, 4.69) is 11.8 Å². The first kappa shape index (κ1) is 16.9. The molecule has 1 fully saturated rings. The monoisotopic (exact) mass is 310 g/mol. The van der Waals surface area contributed by atoms with Gasteiger partial charge in [0.15, 0.2) is 0 Å². The third-order valence-electron chi connectivity index (χ3n) is 4.62. The second kappa shape index (κ2) is 6.73. The van der Waals surface area contributed by atoms with Crippen molar-refractivity contribution < 1.29 is 13.6 Å². The van der Waals surface area contributed by atoms with E-state index in [4.69, 9.17) is 0 Å². The lowest BCUT2D eigenvalue weighted by Gasteiger charge is -2.39. The highest BCUT2D eigenvalue weighted by molar-refractivity contribution is 5.94. The average Bonchev–Trinajstić information content (AvgIpc) is 2.46. The van der Waals surface area contributed by atoms with Gasteiger partial charge in [-0.25, -0.2) is 8.78 Å². The second-order valence-corrected chi connectivity index (χ2v) is 6.41. The summed E-state index contributed by atoms with van der Waals surface area (Å²) in [5.74, 6) is -0.184. The van der Waals surface area contributed by atoms with Crippen LogP contribution < -0.4 is 0 Å². The van der Waals surface area contributed by atoms with Gasteiger partial charge in [0.1, 0.15) is 12.0 Å². The maximum absolute atomic E-state index is 13.3. The Morgan fingerprint density at radius 1 is 1.41 bits per heavy atom. The van der Waals surface area contributed by atoms with Crippen molar-refractivity contribution >= 4 is 5.91 Å². The van der Waals surface area contributed by atoms with Crippen molar-refractivity contribution in [2.45, 2.75) is 33.0 Å². The van der Waals surface area contributed by atoms with Crippen molar-refractivity contribution in [3.63, 3.8) is 0 Å². The predicted octanol–water partition coefficient (Wildman–Crippen LogP) is 2.88. The van der Waals surface area contributed by atoms with Crippen molar-refractivity contribution in [2.75, 3.05) is 26.7 Å². The van der Waals surface area contributed by atoms with Crippen LogP contribution in [0.3, 0.4) is 0 Å². The molecule has 1 saturated heterocycles. The van der Waals surface area contributed by atoms with Crippen LogP contribution in [0.4, 0.5) is 8.78 Å². The molecule has 0 N–H and O–H groups in total. The average molecular weight is 310 g/mol. The van der Waals surface area contributed by atoms with Gasteiger partial charge in [0.25, 0.3) is 5.91 Å².